The number of ether oxygens (including phenoxy) is 1. The summed E-state index contributed by atoms with van der Waals surface area (Å²) in [6, 6.07) is 6.59. The van der Waals surface area contributed by atoms with E-state index in [2.05, 4.69) is 5.32 Å². The van der Waals surface area contributed by atoms with E-state index in [0.717, 1.165) is 11.3 Å². The van der Waals surface area contributed by atoms with Crippen LogP contribution in [0.4, 0.5) is 5.00 Å². The fourth-order valence-electron chi connectivity index (χ4n) is 2.31. The summed E-state index contributed by atoms with van der Waals surface area (Å²) in [5, 5.41) is 4.12. The van der Waals surface area contributed by atoms with Crippen molar-refractivity contribution in [2.24, 2.45) is 0 Å². The molecule has 138 valence electrons. The van der Waals surface area contributed by atoms with Gasteiger partial charge in [-0.05, 0) is 36.9 Å². The molecule has 1 aromatic heterocycles. The monoisotopic (exact) mass is 413 g/mol. The van der Waals surface area contributed by atoms with E-state index in [-0.39, 0.29) is 21.9 Å². The van der Waals surface area contributed by atoms with Crippen molar-refractivity contribution in [1.29, 1.82) is 0 Å². The molecule has 0 saturated carbocycles. The summed E-state index contributed by atoms with van der Waals surface area (Å²) < 4.78 is 4.78. The highest BCUT2D eigenvalue weighted by Gasteiger charge is 2.29. The molecule has 2 unspecified atom stereocenters. The van der Waals surface area contributed by atoms with Crippen LogP contribution in [0.5, 0.6) is 0 Å². The summed E-state index contributed by atoms with van der Waals surface area (Å²) in [6.45, 7) is 3.16. The zero-order valence-electron chi connectivity index (χ0n) is 14.3. The lowest BCUT2D eigenvalue weighted by Gasteiger charge is -2.13. The Morgan fingerprint density at radius 1 is 1.19 bits per heavy atom. The Hall–Kier alpha value is -1.89. The third-order valence-electron chi connectivity index (χ3n) is 3.78. The van der Waals surface area contributed by atoms with Gasteiger partial charge in [0.1, 0.15) is 10.4 Å². The smallest absolute Gasteiger partial charge is 0.312 e. The predicted molar refractivity (Wildman–Crippen MR) is 104 cm³/mol. The van der Waals surface area contributed by atoms with Gasteiger partial charge < -0.3 is 10.1 Å². The van der Waals surface area contributed by atoms with Crippen LogP contribution in [0.2, 0.25) is 5.02 Å². The molecule has 2 atom stereocenters. The van der Waals surface area contributed by atoms with E-state index < -0.39 is 23.2 Å². The summed E-state index contributed by atoms with van der Waals surface area (Å²) in [5.41, 5.74) is 0.955. The van der Waals surface area contributed by atoms with Crippen LogP contribution in [0.15, 0.2) is 29.6 Å². The molecule has 0 aliphatic rings. The fourth-order valence-corrected chi connectivity index (χ4v) is 3.64. The summed E-state index contributed by atoms with van der Waals surface area (Å²) in [5.74, 6) is -2.00. The number of hydrogen-bond donors (Lipinski definition) is 1. The van der Waals surface area contributed by atoms with Crippen molar-refractivity contribution in [3.63, 3.8) is 0 Å². The molecule has 1 heterocycles. The fraction of sp³-hybridized carbons (Fsp3) is 0.278. The number of benzene rings is 1. The van der Waals surface area contributed by atoms with Gasteiger partial charge in [0.05, 0.1) is 23.6 Å². The quantitative estimate of drug-likeness (QED) is 0.430. The van der Waals surface area contributed by atoms with Gasteiger partial charge in [-0.3, -0.25) is 14.4 Å². The Morgan fingerprint density at radius 3 is 2.42 bits per heavy atom. The zero-order chi connectivity index (χ0) is 19.4. The van der Waals surface area contributed by atoms with Gasteiger partial charge in [0.15, 0.2) is 5.78 Å². The first-order valence-corrected chi connectivity index (χ1v) is 9.40. The SMILES string of the molecule is COC(=O)C(C)c1csc(NC(=O)C(C)Cl)c1C(=O)c1ccccc1Cl. The van der Waals surface area contributed by atoms with Gasteiger partial charge in [-0.2, -0.15) is 0 Å². The number of thiophene rings is 1. The normalized spacial score (nSPS) is 13.0. The number of esters is 1. The zero-order valence-corrected chi connectivity index (χ0v) is 16.7. The third-order valence-corrected chi connectivity index (χ3v) is 5.23. The molecule has 5 nitrogen and oxygen atoms in total. The van der Waals surface area contributed by atoms with Crippen LogP contribution in [0.1, 0.15) is 41.3 Å². The second kappa shape index (κ2) is 8.66. The van der Waals surface area contributed by atoms with Gasteiger partial charge in [0, 0.05) is 5.56 Å². The first kappa shape index (κ1) is 20.4. The van der Waals surface area contributed by atoms with Crippen LogP contribution >= 0.6 is 34.5 Å². The van der Waals surface area contributed by atoms with Crippen molar-refractivity contribution in [2.75, 3.05) is 12.4 Å². The van der Waals surface area contributed by atoms with Crippen molar-refractivity contribution in [3.05, 3.63) is 51.4 Å². The lowest BCUT2D eigenvalue weighted by atomic mass is 9.94. The summed E-state index contributed by atoms with van der Waals surface area (Å²) in [7, 11) is 1.28. The molecule has 0 radical (unpaired) electrons. The average molecular weight is 414 g/mol. The standard InChI is InChI=1S/C18H17Cl2NO4S/c1-9(18(24)25-3)12-8-26-17(21-16(23)10(2)19)14(12)15(22)11-6-4-5-7-13(11)20/h4-10H,1-3H3,(H,21,23). The van der Waals surface area contributed by atoms with Gasteiger partial charge in [0.2, 0.25) is 5.91 Å². The van der Waals surface area contributed by atoms with Gasteiger partial charge in [-0.15, -0.1) is 22.9 Å². The van der Waals surface area contributed by atoms with Crippen molar-refractivity contribution < 1.29 is 19.1 Å². The first-order chi connectivity index (χ1) is 12.3. The second-order valence-corrected chi connectivity index (χ2v) is 7.50. The van der Waals surface area contributed by atoms with E-state index in [1.807, 2.05) is 0 Å². The molecule has 0 spiro atoms. The molecule has 0 saturated heterocycles. The van der Waals surface area contributed by atoms with Gasteiger partial charge in [0.25, 0.3) is 0 Å². The average Bonchev–Trinajstić information content (AvgIpc) is 3.03. The molecule has 26 heavy (non-hydrogen) atoms. The molecule has 0 aliphatic carbocycles. The number of ketones is 1. The van der Waals surface area contributed by atoms with Crippen molar-refractivity contribution in [1.82, 2.24) is 0 Å². The largest absolute Gasteiger partial charge is 0.469 e. The Balaban J connectivity index is 2.57. The maximum absolute atomic E-state index is 13.1. The molecule has 0 aliphatic heterocycles. The van der Waals surface area contributed by atoms with E-state index in [9.17, 15) is 14.4 Å². The van der Waals surface area contributed by atoms with Crippen LogP contribution in [0.25, 0.3) is 0 Å². The number of hydrogen-bond acceptors (Lipinski definition) is 5. The van der Waals surface area contributed by atoms with E-state index in [1.165, 1.54) is 14.0 Å². The summed E-state index contributed by atoms with van der Waals surface area (Å²) in [4.78, 5) is 37.1. The highest BCUT2D eigenvalue weighted by molar-refractivity contribution is 7.15. The molecular formula is C18H17Cl2NO4S. The minimum absolute atomic E-state index is 0.215. The number of alkyl halides is 1. The highest BCUT2D eigenvalue weighted by atomic mass is 35.5. The van der Waals surface area contributed by atoms with E-state index in [1.54, 1.807) is 36.6 Å². The maximum atomic E-state index is 13.1. The summed E-state index contributed by atoms with van der Waals surface area (Å²) in [6.07, 6.45) is 0. The third kappa shape index (κ3) is 4.26. The number of carbonyl (C=O) groups is 3. The Kier molecular flexibility index (Phi) is 6.81. The molecule has 1 amide bonds. The van der Waals surface area contributed by atoms with E-state index >= 15 is 0 Å². The number of anilines is 1. The maximum Gasteiger partial charge on any atom is 0.312 e. The number of rotatable bonds is 6. The number of amides is 1. The molecule has 8 heteroatoms. The molecule has 0 bridgehead atoms. The molecule has 2 rings (SSSR count). The van der Waals surface area contributed by atoms with Crippen LogP contribution in [-0.4, -0.2) is 30.1 Å². The van der Waals surface area contributed by atoms with Crippen molar-refractivity contribution in [3.8, 4) is 0 Å². The molecule has 0 fully saturated rings. The van der Waals surface area contributed by atoms with Crippen molar-refractivity contribution in [2.45, 2.75) is 25.1 Å². The lowest BCUT2D eigenvalue weighted by Crippen LogP contribution is -2.22. The number of carbonyl (C=O) groups excluding carboxylic acids is 3. The lowest BCUT2D eigenvalue weighted by molar-refractivity contribution is -0.142. The molecule has 1 N–H and O–H groups in total. The highest BCUT2D eigenvalue weighted by Crippen LogP contribution is 2.36. The van der Waals surface area contributed by atoms with Crippen LogP contribution in [0, 0.1) is 0 Å². The van der Waals surface area contributed by atoms with Crippen LogP contribution < -0.4 is 5.32 Å². The first-order valence-electron chi connectivity index (χ1n) is 7.71. The number of halogens is 2. The van der Waals surface area contributed by atoms with Gasteiger partial charge >= 0.3 is 5.97 Å². The van der Waals surface area contributed by atoms with Gasteiger partial charge in [-0.25, -0.2) is 0 Å². The van der Waals surface area contributed by atoms with Crippen LogP contribution in [-0.2, 0) is 14.3 Å². The van der Waals surface area contributed by atoms with Crippen LogP contribution in [0.3, 0.4) is 0 Å². The minimum atomic E-state index is -0.776. The minimum Gasteiger partial charge on any atom is -0.469 e. The topological polar surface area (TPSA) is 72.5 Å². The summed E-state index contributed by atoms with van der Waals surface area (Å²) >= 11 is 13.1. The molecular weight excluding hydrogens is 397 g/mol. The second-order valence-electron chi connectivity index (χ2n) is 5.55. The van der Waals surface area contributed by atoms with E-state index in [0.29, 0.717) is 10.6 Å². The van der Waals surface area contributed by atoms with Gasteiger partial charge in [-0.1, -0.05) is 23.7 Å². The Morgan fingerprint density at radius 2 is 1.85 bits per heavy atom. The van der Waals surface area contributed by atoms with E-state index in [4.69, 9.17) is 27.9 Å². The Labute approximate surface area is 165 Å². The van der Waals surface area contributed by atoms with Crippen molar-refractivity contribution >= 4 is 57.2 Å². The Bertz CT molecular complexity index is 847. The predicted octanol–water partition coefficient (Wildman–Crippen LogP) is 4.47. The molecule has 2 aromatic rings. The number of methoxy groups -OCH3 is 1. The number of nitrogens with one attached hydrogen (secondary N) is 1. The molecule has 1 aromatic carbocycles.